The van der Waals surface area contributed by atoms with Crippen molar-refractivity contribution in [3.8, 4) is 80.5 Å². The van der Waals surface area contributed by atoms with E-state index in [2.05, 4.69) is 78.4 Å². The molecule has 0 aliphatic carbocycles. The Labute approximate surface area is 480 Å². The van der Waals surface area contributed by atoms with Gasteiger partial charge in [-0.15, -0.1) is 10.2 Å². The number of esters is 1. The van der Waals surface area contributed by atoms with Crippen molar-refractivity contribution in [1.82, 2.24) is 30.6 Å². The highest BCUT2D eigenvalue weighted by Gasteiger charge is 2.24. The Kier molecular flexibility index (Phi) is 16.1. The smallest absolute Gasteiger partial charge is 0.346 e. The minimum absolute atomic E-state index is 0.122. The maximum atomic E-state index is 12.8. The fourth-order valence-corrected chi connectivity index (χ4v) is 9.34. The Morgan fingerprint density at radius 2 is 0.914 bits per heavy atom. The molecule has 6 aromatic carbocycles. The van der Waals surface area contributed by atoms with Gasteiger partial charge >= 0.3 is 11.6 Å². The number of methoxy groups -OCH3 is 6. The van der Waals surface area contributed by atoms with Crippen LogP contribution in [0.3, 0.4) is 0 Å². The van der Waals surface area contributed by atoms with Crippen molar-refractivity contribution >= 4 is 113 Å². The Morgan fingerprint density at radius 1 is 0.481 bits per heavy atom. The average Bonchev–Trinajstić information content (AvgIpc) is 4.32. The molecule has 0 saturated heterocycles. The van der Waals surface area contributed by atoms with Crippen molar-refractivity contribution in [2.75, 3.05) is 63.0 Å². The van der Waals surface area contributed by atoms with E-state index in [9.17, 15) is 19.5 Å². The zero-order valence-electron chi connectivity index (χ0n) is 42.9. The molecule has 0 bridgehead atoms. The van der Waals surface area contributed by atoms with Gasteiger partial charge in [-0.05, 0) is 72.1 Å². The van der Waals surface area contributed by atoms with Gasteiger partial charge in [-0.25, -0.2) is 9.59 Å². The summed E-state index contributed by atoms with van der Waals surface area (Å²) in [6.07, 6.45) is 2.77. The van der Waals surface area contributed by atoms with E-state index in [0.29, 0.717) is 138 Å². The maximum absolute atomic E-state index is 12.8. The van der Waals surface area contributed by atoms with Crippen LogP contribution in [-0.2, 0) is 0 Å². The van der Waals surface area contributed by atoms with E-state index in [0.717, 1.165) is 0 Å². The second kappa shape index (κ2) is 23.6. The summed E-state index contributed by atoms with van der Waals surface area (Å²) in [5.74, 6) is 6.29. The van der Waals surface area contributed by atoms with Crippen molar-refractivity contribution < 1.29 is 80.7 Å². The lowest BCUT2D eigenvalue weighted by Gasteiger charge is -2.12. The van der Waals surface area contributed by atoms with Gasteiger partial charge in [0.1, 0.15) is 22.6 Å². The summed E-state index contributed by atoms with van der Waals surface area (Å²) in [5.41, 5.74) is 2.59. The summed E-state index contributed by atoms with van der Waals surface area (Å²) in [6.45, 7) is 0.444. The number of aromatic hydroxyl groups is 1. The first-order chi connectivity index (χ1) is 39.2. The number of halogens is 3. The van der Waals surface area contributed by atoms with Gasteiger partial charge in [0.2, 0.25) is 25.1 Å². The van der Waals surface area contributed by atoms with Crippen LogP contribution in [0.15, 0.2) is 103 Å². The summed E-state index contributed by atoms with van der Waals surface area (Å²) in [7, 11) is 9.13. The molecule has 414 valence electrons. The number of phenols is 1. The molecule has 0 atom stereocenters. The van der Waals surface area contributed by atoms with Crippen molar-refractivity contribution in [2.24, 2.45) is 0 Å². The monoisotopic (exact) mass is 1300 g/mol. The number of fused-ring (bicyclic) bond motifs is 10. The number of hydrogen-bond acceptors (Lipinski definition) is 24. The van der Waals surface area contributed by atoms with Crippen LogP contribution >= 0.6 is 47.8 Å². The molecule has 1 N–H and O–H groups in total. The minimum Gasteiger partial charge on any atom is -0.507 e. The molecular weight excluding hydrogens is 1260 g/mol. The lowest BCUT2D eigenvalue weighted by molar-refractivity contribution is 0.0734. The van der Waals surface area contributed by atoms with Crippen LogP contribution in [0.5, 0.6) is 80.5 Å². The summed E-state index contributed by atoms with van der Waals surface area (Å²) in [6, 6.07) is 19.9. The van der Waals surface area contributed by atoms with E-state index in [-0.39, 0.29) is 42.1 Å². The lowest BCUT2D eigenvalue weighted by Crippen LogP contribution is -2.11. The van der Waals surface area contributed by atoms with Crippen molar-refractivity contribution in [3.05, 3.63) is 116 Å². The van der Waals surface area contributed by atoms with Crippen molar-refractivity contribution in [2.45, 2.75) is 0 Å². The topological polar surface area (TPSA) is 282 Å². The highest BCUT2D eigenvalue weighted by Crippen LogP contribution is 2.43. The molecular formula is C54H39Br3N6O18. The van der Waals surface area contributed by atoms with Crippen LogP contribution in [0.25, 0.3) is 54.6 Å². The molecule has 0 spiro atoms. The fraction of sp³-hybridized carbons (Fsp3) is 0.167. The van der Waals surface area contributed by atoms with Crippen molar-refractivity contribution in [1.29, 1.82) is 0 Å². The summed E-state index contributed by atoms with van der Waals surface area (Å²) < 4.78 is 74.9. The molecule has 0 radical (unpaired) electrons. The number of nitrogens with zero attached hydrogens (tertiary/aromatic N) is 6. The van der Waals surface area contributed by atoms with Crippen LogP contribution in [0.1, 0.15) is 20.7 Å². The van der Waals surface area contributed by atoms with Gasteiger partial charge in [-0.2, -0.15) is 20.4 Å². The maximum Gasteiger partial charge on any atom is 0.346 e. The Balaban J connectivity index is 0.000000127. The van der Waals surface area contributed by atoms with Gasteiger partial charge in [0.05, 0.1) is 97.1 Å². The van der Waals surface area contributed by atoms with Gasteiger partial charge in [-0.3, -0.25) is 4.79 Å². The first kappa shape index (κ1) is 55.1. The minimum atomic E-state index is -0.596. The molecule has 10 aromatic rings. The summed E-state index contributed by atoms with van der Waals surface area (Å²) in [4.78, 5) is 36.8. The van der Waals surface area contributed by atoms with Crippen LogP contribution in [0.2, 0.25) is 0 Å². The molecule has 0 amide bonds. The van der Waals surface area contributed by atoms with Crippen LogP contribution in [-0.4, -0.2) is 109 Å². The first-order valence-electron chi connectivity index (χ1n) is 23.4. The van der Waals surface area contributed by atoms with E-state index >= 15 is 0 Å². The predicted octanol–water partition coefficient (Wildman–Crippen LogP) is 10.1. The average molecular weight is 1300 g/mol. The second-order valence-corrected chi connectivity index (χ2v) is 19.1. The molecule has 0 saturated carbocycles. The molecule has 3 aliphatic heterocycles. The van der Waals surface area contributed by atoms with Crippen LogP contribution in [0, 0.1) is 0 Å². The molecule has 24 nitrogen and oxygen atoms in total. The standard InChI is InChI=1S/C18H13BrN2O6.C18H12N2O6.C10H5BrN2O3.C8H9BrO3/c1-23-14-4-11(19)13(6-15(14)24-2)27-18(22)10-7-20-21-12-5-17-16(3-9(10)12)25-8-26-17;1-22-12-4-9-11(6-13(12)23-2)26-18(21)16-8-3-14-15(25-7-24-14)5-10(8)19-20-17(9)16;11-10(14)6-3-12-13-7-2-9-8(1-5(6)7)15-4-16-9;1-11-7-3-5(9)6(10)4-8(7)12-2/h3-7H,8H2,1-2H3;3-6H,7H2,1-2H3;1-3H,4H2;3-4,10H,1-2H3. The number of hydrogen-bond donors (Lipinski definition) is 1. The molecule has 13 rings (SSSR count). The molecule has 81 heavy (non-hydrogen) atoms. The number of benzene rings is 6. The third-order valence-corrected chi connectivity index (χ3v) is 13.9. The van der Waals surface area contributed by atoms with E-state index in [1.807, 2.05) is 0 Å². The predicted molar refractivity (Wildman–Crippen MR) is 298 cm³/mol. The van der Waals surface area contributed by atoms with E-state index < -0.39 is 11.6 Å². The highest BCUT2D eigenvalue weighted by molar-refractivity contribution is 9.18. The largest absolute Gasteiger partial charge is 0.507 e. The number of ether oxygens (including phenoxy) is 13. The van der Waals surface area contributed by atoms with Gasteiger partial charge < -0.3 is 71.1 Å². The summed E-state index contributed by atoms with van der Waals surface area (Å²) >= 11 is 9.44. The molecule has 27 heteroatoms. The quantitative estimate of drug-likeness (QED) is 0.0462. The highest BCUT2D eigenvalue weighted by atomic mass is 79.9. The zero-order valence-corrected chi connectivity index (χ0v) is 47.7. The van der Waals surface area contributed by atoms with E-state index in [1.165, 1.54) is 54.0 Å². The molecule has 0 unspecified atom stereocenters. The molecule has 4 aromatic heterocycles. The fourth-order valence-electron chi connectivity index (χ4n) is 8.30. The third kappa shape index (κ3) is 11.1. The number of carbonyl (C=O) groups is 2. The second-order valence-electron chi connectivity index (χ2n) is 16.7. The third-order valence-electron chi connectivity index (χ3n) is 12.2. The Morgan fingerprint density at radius 3 is 1.44 bits per heavy atom. The normalized spacial score (nSPS) is 12.2. The summed E-state index contributed by atoms with van der Waals surface area (Å²) in [5, 5.41) is 36.1. The van der Waals surface area contributed by atoms with E-state index in [4.69, 9.17) is 66.0 Å². The zero-order chi connectivity index (χ0) is 57.1. The SMILES string of the molecule is COc1cc(Br)c(OC(=O)c2cnnc3cc4c(cc23)OCO4)cc1OC.COc1cc(O)c(Br)cc1OC.COc1cc2oc(=O)c3c4cc5c(cc4nnc3c2cc1OC)OCO5.O=C(Br)c1cnnc2cc3c(cc12)OCO3. The first-order valence-corrected chi connectivity index (χ1v) is 25.7. The van der Waals surface area contributed by atoms with Gasteiger partial charge in [0.25, 0.3) is 0 Å². The van der Waals surface area contributed by atoms with E-state index in [1.54, 1.807) is 73.8 Å². The number of carbonyl (C=O) groups excluding carboxylic acids is 2. The van der Waals surface area contributed by atoms with Crippen molar-refractivity contribution in [3.63, 3.8) is 0 Å². The van der Waals surface area contributed by atoms with Gasteiger partial charge in [0, 0.05) is 70.1 Å². The Hall–Kier alpha value is -9.21. The number of rotatable bonds is 9. The van der Waals surface area contributed by atoms with Crippen LogP contribution in [0.4, 0.5) is 0 Å². The van der Waals surface area contributed by atoms with Gasteiger partial charge in [0.15, 0.2) is 69.0 Å². The van der Waals surface area contributed by atoms with Gasteiger partial charge in [-0.1, -0.05) is 0 Å². The molecule has 7 heterocycles. The lowest BCUT2D eigenvalue weighted by atomic mass is 10.1. The number of phenolic OH excluding ortho intramolecular Hbond substituents is 1. The molecule has 0 fully saturated rings. The number of aromatic nitrogens is 6. The van der Waals surface area contributed by atoms with Crippen LogP contribution < -0.4 is 67.2 Å². The molecule has 3 aliphatic rings. The Bertz CT molecular complexity index is 4180.